The molecule has 1 saturated heterocycles. The molecule has 2 heteroatoms. The van der Waals surface area contributed by atoms with Crippen LogP contribution in [0.3, 0.4) is 0 Å². The molecule has 0 unspecified atom stereocenters. The third-order valence-electron chi connectivity index (χ3n) is 5.94. The Balaban J connectivity index is 1.30. The molecule has 0 bridgehead atoms. The summed E-state index contributed by atoms with van der Waals surface area (Å²) in [6.45, 7) is 6.31. The smallest absolute Gasteiger partial charge is 0.157 e. The van der Waals surface area contributed by atoms with Gasteiger partial charge in [0.25, 0.3) is 0 Å². The highest BCUT2D eigenvalue weighted by Gasteiger charge is 2.24. The van der Waals surface area contributed by atoms with Crippen LogP contribution in [0.25, 0.3) is 0 Å². The third-order valence-corrected chi connectivity index (χ3v) is 5.94. The molecule has 1 aliphatic carbocycles. The van der Waals surface area contributed by atoms with E-state index in [0.29, 0.717) is 5.92 Å². The van der Waals surface area contributed by atoms with Gasteiger partial charge < -0.3 is 9.47 Å². The summed E-state index contributed by atoms with van der Waals surface area (Å²) in [5, 5.41) is 0. The highest BCUT2D eigenvalue weighted by molar-refractivity contribution is 5.21. The summed E-state index contributed by atoms with van der Waals surface area (Å²) in [6.07, 6.45) is 10.4. The molecule has 1 aromatic carbocycles. The summed E-state index contributed by atoms with van der Waals surface area (Å²) in [7, 11) is 0. The van der Waals surface area contributed by atoms with E-state index in [-0.39, 0.29) is 6.29 Å². The first-order valence-corrected chi connectivity index (χ1v) is 9.98. The van der Waals surface area contributed by atoms with E-state index in [4.69, 9.17) is 9.47 Å². The zero-order chi connectivity index (χ0) is 16.8. The molecule has 0 spiro atoms. The van der Waals surface area contributed by atoms with Gasteiger partial charge in [-0.3, -0.25) is 0 Å². The molecule has 2 aliphatic rings. The van der Waals surface area contributed by atoms with Crippen molar-refractivity contribution in [2.24, 2.45) is 17.8 Å². The van der Waals surface area contributed by atoms with Crippen LogP contribution in [0.15, 0.2) is 24.3 Å². The number of hydrogen-bond acceptors (Lipinski definition) is 2. The zero-order valence-corrected chi connectivity index (χ0v) is 15.5. The van der Waals surface area contributed by atoms with Crippen LogP contribution >= 0.6 is 0 Å². The van der Waals surface area contributed by atoms with Crippen molar-refractivity contribution in [2.75, 3.05) is 13.2 Å². The van der Waals surface area contributed by atoms with E-state index in [1.807, 2.05) is 0 Å². The molecular weight excluding hydrogens is 296 g/mol. The molecule has 2 fully saturated rings. The fourth-order valence-corrected chi connectivity index (χ4v) is 4.04. The van der Waals surface area contributed by atoms with Crippen LogP contribution in [-0.4, -0.2) is 19.5 Å². The predicted octanol–water partition coefficient (Wildman–Crippen LogP) is 5.52. The van der Waals surface area contributed by atoms with Crippen LogP contribution in [0.5, 0.6) is 0 Å². The van der Waals surface area contributed by atoms with Crippen LogP contribution < -0.4 is 0 Å². The molecule has 134 valence electrons. The lowest BCUT2D eigenvalue weighted by molar-refractivity contribution is -0.203. The van der Waals surface area contributed by atoms with E-state index in [0.717, 1.165) is 37.9 Å². The first-order chi connectivity index (χ1) is 11.7. The summed E-state index contributed by atoms with van der Waals surface area (Å²) >= 11 is 0. The van der Waals surface area contributed by atoms with Gasteiger partial charge >= 0.3 is 0 Å². The first kappa shape index (κ1) is 17.9. The number of hydrogen-bond donors (Lipinski definition) is 0. The van der Waals surface area contributed by atoms with Crippen molar-refractivity contribution in [1.29, 1.82) is 0 Å². The van der Waals surface area contributed by atoms with Crippen molar-refractivity contribution in [2.45, 2.75) is 71.5 Å². The Morgan fingerprint density at radius 1 is 0.833 bits per heavy atom. The standard InChI is InChI=1S/C22H34O2/c1-17-3-7-19(8-4-17)11-12-21-15-23-22(24-16-21)14-13-20-9-5-18(2)6-10-20/h5-6,9-10,17,19,21-22H,3-4,7-8,11-16H2,1-2H3. The first-order valence-electron chi connectivity index (χ1n) is 9.98. The second kappa shape index (κ2) is 9.01. The monoisotopic (exact) mass is 330 g/mol. The average Bonchev–Trinajstić information content (AvgIpc) is 2.62. The van der Waals surface area contributed by atoms with Crippen LogP contribution in [0, 0.1) is 24.7 Å². The van der Waals surface area contributed by atoms with Gasteiger partial charge in [0.1, 0.15) is 0 Å². The van der Waals surface area contributed by atoms with Gasteiger partial charge in [-0.1, -0.05) is 68.9 Å². The number of benzene rings is 1. The Hall–Kier alpha value is -0.860. The summed E-state index contributed by atoms with van der Waals surface area (Å²) in [5.74, 6) is 2.53. The van der Waals surface area contributed by atoms with Gasteiger partial charge in [-0.15, -0.1) is 0 Å². The molecule has 1 saturated carbocycles. The molecule has 1 aliphatic heterocycles. The molecule has 2 nitrogen and oxygen atoms in total. The summed E-state index contributed by atoms with van der Waals surface area (Å²) < 4.78 is 11.9. The normalized spacial score (nSPS) is 31.1. The van der Waals surface area contributed by atoms with E-state index in [1.54, 1.807) is 0 Å². The zero-order valence-electron chi connectivity index (χ0n) is 15.5. The molecule has 3 rings (SSSR count). The molecule has 0 N–H and O–H groups in total. The van der Waals surface area contributed by atoms with Crippen molar-refractivity contribution in [3.05, 3.63) is 35.4 Å². The largest absolute Gasteiger partial charge is 0.352 e. The maximum absolute atomic E-state index is 5.97. The maximum Gasteiger partial charge on any atom is 0.157 e. The topological polar surface area (TPSA) is 18.5 Å². The van der Waals surface area contributed by atoms with Gasteiger partial charge in [0, 0.05) is 12.3 Å². The van der Waals surface area contributed by atoms with E-state index >= 15 is 0 Å². The molecular formula is C22H34O2. The molecule has 24 heavy (non-hydrogen) atoms. The fourth-order valence-electron chi connectivity index (χ4n) is 4.04. The second-order valence-electron chi connectivity index (χ2n) is 8.19. The Bertz CT molecular complexity index is 465. The Kier molecular flexibility index (Phi) is 6.74. The molecule has 1 heterocycles. The molecule has 0 atom stereocenters. The number of ether oxygens (including phenoxy) is 2. The van der Waals surface area contributed by atoms with Crippen molar-refractivity contribution < 1.29 is 9.47 Å². The minimum atomic E-state index is -0.00177. The van der Waals surface area contributed by atoms with Crippen LogP contribution in [0.4, 0.5) is 0 Å². The maximum atomic E-state index is 5.97. The van der Waals surface area contributed by atoms with Crippen molar-refractivity contribution in [3.63, 3.8) is 0 Å². The van der Waals surface area contributed by atoms with E-state index in [9.17, 15) is 0 Å². The summed E-state index contributed by atoms with van der Waals surface area (Å²) in [5.41, 5.74) is 2.70. The van der Waals surface area contributed by atoms with Gasteiger partial charge in [0.05, 0.1) is 13.2 Å². The lowest BCUT2D eigenvalue weighted by atomic mass is 9.80. The van der Waals surface area contributed by atoms with Crippen molar-refractivity contribution in [1.82, 2.24) is 0 Å². The van der Waals surface area contributed by atoms with Gasteiger partial charge in [-0.05, 0) is 37.2 Å². The number of aryl methyl sites for hydroxylation is 2. The molecule has 0 radical (unpaired) electrons. The number of rotatable bonds is 6. The van der Waals surface area contributed by atoms with Crippen molar-refractivity contribution in [3.8, 4) is 0 Å². The molecule has 0 amide bonds. The molecule has 1 aromatic rings. The van der Waals surface area contributed by atoms with Crippen LogP contribution in [0.2, 0.25) is 0 Å². The Morgan fingerprint density at radius 3 is 2.12 bits per heavy atom. The highest BCUT2D eigenvalue weighted by atomic mass is 16.7. The van der Waals surface area contributed by atoms with E-state index in [1.165, 1.54) is 49.7 Å². The highest BCUT2D eigenvalue weighted by Crippen LogP contribution is 2.32. The quantitative estimate of drug-likeness (QED) is 0.683. The fraction of sp³-hybridized carbons (Fsp3) is 0.727. The third kappa shape index (κ3) is 5.60. The van der Waals surface area contributed by atoms with E-state index in [2.05, 4.69) is 38.1 Å². The van der Waals surface area contributed by atoms with Gasteiger partial charge in [-0.25, -0.2) is 0 Å². The minimum absolute atomic E-state index is 0.00177. The van der Waals surface area contributed by atoms with Crippen LogP contribution in [0.1, 0.15) is 63.0 Å². The Morgan fingerprint density at radius 2 is 1.46 bits per heavy atom. The lowest BCUT2D eigenvalue weighted by Gasteiger charge is -2.31. The molecule has 0 aromatic heterocycles. The predicted molar refractivity (Wildman–Crippen MR) is 99.0 cm³/mol. The Labute approximate surface area is 147 Å². The van der Waals surface area contributed by atoms with Gasteiger partial charge in [-0.2, -0.15) is 0 Å². The SMILES string of the molecule is Cc1ccc(CCC2OCC(CCC3CCC(C)CC3)CO2)cc1. The second-order valence-corrected chi connectivity index (χ2v) is 8.19. The van der Waals surface area contributed by atoms with Gasteiger partial charge in [0.15, 0.2) is 6.29 Å². The van der Waals surface area contributed by atoms with E-state index < -0.39 is 0 Å². The van der Waals surface area contributed by atoms with Gasteiger partial charge in [0.2, 0.25) is 0 Å². The average molecular weight is 331 g/mol. The van der Waals surface area contributed by atoms with Crippen LogP contribution in [-0.2, 0) is 15.9 Å². The van der Waals surface area contributed by atoms with Crippen molar-refractivity contribution >= 4 is 0 Å². The lowest BCUT2D eigenvalue weighted by Crippen LogP contribution is -2.32. The summed E-state index contributed by atoms with van der Waals surface area (Å²) in [6, 6.07) is 8.79. The summed E-state index contributed by atoms with van der Waals surface area (Å²) in [4.78, 5) is 0. The minimum Gasteiger partial charge on any atom is -0.352 e.